The molecule has 2 rings (SSSR count). The molecule has 5 heteroatoms. The van der Waals surface area contributed by atoms with E-state index < -0.39 is 10.8 Å². The molecule has 2 N–H and O–H groups in total. The van der Waals surface area contributed by atoms with Crippen LogP contribution >= 0.6 is 0 Å². The lowest BCUT2D eigenvalue weighted by molar-refractivity contribution is 0.241. The van der Waals surface area contributed by atoms with Crippen molar-refractivity contribution in [3.8, 4) is 0 Å². The van der Waals surface area contributed by atoms with Crippen LogP contribution in [0.1, 0.15) is 16.7 Å². The number of hydrogen-bond acceptors (Lipinski definition) is 2. The van der Waals surface area contributed by atoms with Crippen LogP contribution in [0.25, 0.3) is 0 Å². The number of hydrogen-bond donors (Lipinski definition) is 2. The third-order valence-corrected chi connectivity index (χ3v) is 4.67. The molecule has 0 aliphatic heterocycles. The average Bonchev–Trinajstić information content (AvgIpc) is 2.55. The van der Waals surface area contributed by atoms with Gasteiger partial charge in [-0.15, -0.1) is 0 Å². The molecule has 0 fully saturated rings. The van der Waals surface area contributed by atoms with E-state index in [4.69, 9.17) is 0 Å². The van der Waals surface area contributed by atoms with Crippen LogP contribution in [0.3, 0.4) is 0 Å². The summed E-state index contributed by atoms with van der Waals surface area (Å²) in [6, 6.07) is 17.5. The van der Waals surface area contributed by atoms with Gasteiger partial charge in [0.05, 0.1) is 0 Å². The van der Waals surface area contributed by atoms with Gasteiger partial charge in [0.1, 0.15) is 0 Å². The maximum atomic E-state index is 11.9. The molecule has 1 atom stereocenters. The first kappa shape index (κ1) is 17.2. The number of carbonyl (C=O) groups is 1. The third kappa shape index (κ3) is 6.65. The normalized spacial score (nSPS) is 11.7. The largest absolute Gasteiger partial charge is 0.337 e. The van der Waals surface area contributed by atoms with E-state index in [0.29, 0.717) is 24.6 Å². The fraction of sp³-hybridized carbons (Fsp3) is 0.278. The van der Waals surface area contributed by atoms with Crippen LogP contribution in [0.15, 0.2) is 54.6 Å². The lowest BCUT2D eigenvalue weighted by Crippen LogP contribution is -2.37. The highest BCUT2D eigenvalue weighted by molar-refractivity contribution is 7.84. The van der Waals surface area contributed by atoms with Gasteiger partial charge in [-0.25, -0.2) is 4.79 Å². The van der Waals surface area contributed by atoms with E-state index in [9.17, 15) is 9.00 Å². The van der Waals surface area contributed by atoms with E-state index in [2.05, 4.69) is 10.6 Å². The van der Waals surface area contributed by atoms with Gasteiger partial charge in [0.25, 0.3) is 0 Å². The second kappa shape index (κ2) is 9.10. The van der Waals surface area contributed by atoms with Gasteiger partial charge in [0.2, 0.25) is 0 Å². The maximum absolute atomic E-state index is 11.9. The molecule has 2 aromatic carbocycles. The van der Waals surface area contributed by atoms with Crippen LogP contribution in [0.4, 0.5) is 4.79 Å². The summed E-state index contributed by atoms with van der Waals surface area (Å²) in [6.07, 6.45) is 0. The monoisotopic (exact) mass is 330 g/mol. The fourth-order valence-electron chi connectivity index (χ4n) is 2.06. The van der Waals surface area contributed by atoms with E-state index in [1.807, 2.05) is 61.5 Å². The summed E-state index contributed by atoms with van der Waals surface area (Å²) >= 11 is 0. The molecule has 4 nitrogen and oxygen atoms in total. The predicted molar refractivity (Wildman–Crippen MR) is 94.6 cm³/mol. The van der Waals surface area contributed by atoms with Gasteiger partial charge in [-0.2, -0.15) is 0 Å². The van der Waals surface area contributed by atoms with Crippen molar-refractivity contribution in [1.29, 1.82) is 0 Å². The highest BCUT2D eigenvalue weighted by atomic mass is 32.2. The minimum atomic E-state index is -0.972. The molecule has 0 aliphatic rings. The number of nitrogens with one attached hydrogen (secondary N) is 2. The summed E-state index contributed by atoms with van der Waals surface area (Å²) < 4.78 is 11.9. The predicted octanol–water partition coefficient (Wildman–Crippen LogP) is 2.74. The summed E-state index contributed by atoms with van der Waals surface area (Å²) in [7, 11) is -0.972. The first-order valence-electron chi connectivity index (χ1n) is 7.59. The van der Waals surface area contributed by atoms with Gasteiger partial charge in [-0.05, 0) is 18.1 Å². The quantitative estimate of drug-likeness (QED) is 0.820. The van der Waals surface area contributed by atoms with E-state index in [1.54, 1.807) is 0 Å². The summed E-state index contributed by atoms with van der Waals surface area (Å²) in [6.45, 7) is 2.91. The topological polar surface area (TPSA) is 58.2 Å². The van der Waals surface area contributed by atoms with Gasteiger partial charge >= 0.3 is 6.03 Å². The minimum absolute atomic E-state index is 0.234. The highest BCUT2D eigenvalue weighted by Gasteiger charge is 2.04. The molecule has 122 valence electrons. The number of aryl methyl sites for hydroxylation is 1. The minimum Gasteiger partial charge on any atom is -0.337 e. The summed E-state index contributed by atoms with van der Waals surface area (Å²) in [5, 5.41) is 5.53. The number of benzene rings is 2. The van der Waals surface area contributed by atoms with Crippen LogP contribution in [-0.4, -0.2) is 22.5 Å². The molecule has 0 spiro atoms. The number of amides is 2. The van der Waals surface area contributed by atoms with Gasteiger partial charge in [0.15, 0.2) is 0 Å². The lowest BCUT2D eigenvalue weighted by atomic mass is 10.1. The Bertz CT molecular complexity index is 642. The SMILES string of the molecule is Cc1ccc(CNC(=O)NCC[S@@](=O)Cc2ccccc2)cc1. The standard InChI is InChI=1S/C18H22N2O2S/c1-15-7-9-16(10-8-15)13-20-18(21)19-11-12-23(22)14-17-5-3-2-4-6-17/h2-10H,11-14H2,1H3,(H2,19,20,21)/t23-/m1/s1. The average molecular weight is 330 g/mol. The first-order chi connectivity index (χ1) is 11.1. The number of urea groups is 1. The molecule has 2 amide bonds. The van der Waals surface area contributed by atoms with Crippen molar-refractivity contribution in [2.75, 3.05) is 12.3 Å². The lowest BCUT2D eigenvalue weighted by Gasteiger charge is -2.08. The number of rotatable bonds is 7. The van der Waals surface area contributed by atoms with Crippen LogP contribution < -0.4 is 10.6 Å². The maximum Gasteiger partial charge on any atom is 0.315 e. The summed E-state index contributed by atoms with van der Waals surface area (Å²) in [5.41, 5.74) is 3.30. The molecule has 0 saturated heterocycles. The molecular weight excluding hydrogens is 308 g/mol. The molecule has 2 aromatic rings. The number of carbonyl (C=O) groups excluding carboxylic acids is 1. The zero-order valence-corrected chi connectivity index (χ0v) is 14.1. The first-order valence-corrected chi connectivity index (χ1v) is 9.08. The van der Waals surface area contributed by atoms with E-state index in [0.717, 1.165) is 11.1 Å². The molecule has 0 aliphatic carbocycles. The third-order valence-electron chi connectivity index (χ3n) is 3.36. The smallest absolute Gasteiger partial charge is 0.315 e. The second-order valence-corrected chi connectivity index (χ2v) is 6.95. The van der Waals surface area contributed by atoms with Crippen molar-refractivity contribution in [3.63, 3.8) is 0 Å². The Morgan fingerprint density at radius 3 is 2.35 bits per heavy atom. The van der Waals surface area contributed by atoms with Gasteiger partial charge < -0.3 is 10.6 Å². The van der Waals surface area contributed by atoms with Crippen LogP contribution in [0.2, 0.25) is 0 Å². The van der Waals surface area contributed by atoms with E-state index >= 15 is 0 Å². The molecule has 0 aromatic heterocycles. The van der Waals surface area contributed by atoms with Crippen molar-refractivity contribution in [2.45, 2.75) is 19.2 Å². The Balaban J connectivity index is 1.62. The van der Waals surface area contributed by atoms with Crippen molar-refractivity contribution in [3.05, 3.63) is 71.3 Å². The molecule has 0 radical (unpaired) electrons. The Kier molecular flexibility index (Phi) is 6.81. The molecule has 0 heterocycles. The summed E-state index contributed by atoms with van der Waals surface area (Å²) in [5.74, 6) is 0.973. The Hall–Kier alpha value is -2.14. The Morgan fingerprint density at radius 2 is 1.65 bits per heavy atom. The molecular formula is C18H22N2O2S. The Morgan fingerprint density at radius 1 is 0.957 bits per heavy atom. The van der Waals surface area contributed by atoms with Gasteiger partial charge in [0, 0.05) is 35.4 Å². The van der Waals surface area contributed by atoms with Crippen molar-refractivity contribution < 1.29 is 9.00 Å². The van der Waals surface area contributed by atoms with Crippen molar-refractivity contribution in [1.82, 2.24) is 10.6 Å². The van der Waals surface area contributed by atoms with E-state index in [1.165, 1.54) is 5.56 Å². The van der Waals surface area contributed by atoms with E-state index in [-0.39, 0.29) is 6.03 Å². The zero-order valence-electron chi connectivity index (χ0n) is 13.2. The Labute approximate surface area is 139 Å². The van der Waals surface area contributed by atoms with Crippen molar-refractivity contribution >= 4 is 16.8 Å². The second-order valence-electron chi connectivity index (χ2n) is 5.37. The molecule has 0 saturated carbocycles. The molecule has 0 unspecified atom stereocenters. The summed E-state index contributed by atoms with van der Waals surface area (Å²) in [4.78, 5) is 11.7. The fourth-order valence-corrected chi connectivity index (χ4v) is 3.10. The highest BCUT2D eigenvalue weighted by Crippen LogP contribution is 2.03. The molecule has 0 bridgehead atoms. The van der Waals surface area contributed by atoms with Gasteiger partial charge in [-0.1, -0.05) is 60.2 Å². The zero-order chi connectivity index (χ0) is 16.5. The molecule has 23 heavy (non-hydrogen) atoms. The van der Waals surface area contributed by atoms with Crippen LogP contribution in [-0.2, 0) is 23.1 Å². The van der Waals surface area contributed by atoms with Crippen LogP contribution in [0, 0.1) is 6.92 Å². The van der Waals surface area contributed by atoms with Crippen molar-refractivity contribution in [2.24, 2.45) is 0 Å². The van der Waals surface area contributed by atoms with Gasteiger partial charge in [-0.3, -0.25) is 4.21 Å². The van der Waals surface area contributed by atoms with Crippen LogP contribution in [0.5, 0.6) is 0 Å².